The summed E-state index contributed by atoms with van der Waals surface area (Å²) >= 11 is 0. The molecule has 0 radical (unpaired) electrons. The fourth-order valence-corrected chi connectivity index (χ4v) is 2.33. The van der Waals surface area contributed by atoms with Crippen molar-refractivity contribution >= 4 is 22.5 Å². The quantitative estimate of drug-likeness (QED) is 0.768. The number of nitrogens with zero attached hydrogens (tertiary/aromatic N) is 1. The number of amides is 1. The van der Waals surface area contributed by atoms with Crippen LogP contribution >= 0.6 is 0 Å². The molecular weight excluding hydrogens is 279 g/mol. The van der Waals surface area contributed by atoms with Gasteiger partial charge < -0.3 is 5.32 Å². The van der Waals surface area contributed by atoms with E-state index in [1.165, 1.54) is 12.1 Å². The smallest absolute Gasteiger partial charge is 0.255 e. The van der Waals surface area contributed by atoms with E-state index in [4.69, 9.17) is 0 Å². The predicted molar refractivity (Wildman–Crippen MR) is 85.6 cm³/mol. The third-order valence-corrected chi connectivity index (χ3v) is 3.46. The van der Waals surface area contributed by atoms with Crippen molar-refractivity contribution < 1.29 is 9.18 Å². The Morgan fingerprint density at radius 3 is 2.50 bits per heavy atom. The minimum absolute atomic E-state index is 0.226. The fourth-order valence-electron chi connectivity index (χ4n) is 2.33. The van der Waals surface area contributed by atoms with Crippen LogP contribution in [0.15, 0.2) is 48.5 Å². The topological polar surface area (TPSA) is 42.0 Å². The highest BCUT2D eigenvalue weighted by molar-refractivity contribution is 6.08. The van der Waals surface area contributed by atoms with Crippen molar-refractivity contribution in [2.75, 3.05) is 5.32 Å². The summed E-state index contributed by atoms with van der Waals surface area (Å²) in [6.45, 7) is 3.80. The lowest BCUT2D eigenvalue weighted by Gasteiger charge is -2.10. The number of halogens is 1. The van der Waals surface area contributed by atoms with Crippen LogP contribution in [0.5, 0.6) is 0 Å². The molecule has 4 heteroatoms. The van der Waals surface area contributed by atoms with Crippen LogP contribution in [0.3, 0.4) is 0 Å². The summed E-state index contributed by atoms with van der Waals surface area (Å²) in [5, 5.41) is 3.43. The Morgan fingerprint density at radius 2 is 1.77 bits per heavy atom. The largest absolute Gasteiger partial charge is 0.321 e. The van der Waals surface area contributed by atoms with Gasteiger partial charge in [0.25, 0.3) is 5.91 Å². The molecule has 0 spiro atoms. The predicted octanol–water partition coefficient (Wildman–Crippen LogP) is 4.24. The molecule has 2 aromatic carbocycles. The third-order valence-electron chi connectivity index (χ3n) is 3.46. The average molecular weight is 294 g/mol. The number of rotatable bonds is 2. The number of carbonyl (C=O) groups excluding carboxylic acids is 1. The fraction of sp³-hybridized carbons (Fsp3) is 0.111. The zero-order chi connectivity index (χ0) is 15.7. The van der Waals surface area contributed by atoms with Gasteiger partial charge in [0.1, 0.15) is 5.82 Å². The monoisotopic (exact) mass is 294 g/mol. The first kappa shape index (κ1) is 14.2. The summed E-state index contributed by atoms with van der Waals surface area (Å²) in [5.41, 5.74) is 3.62. The normalized spacial score (nSPS) is 10.7. The number of fused-ring (bicyclic) bond motifs is 1. The Bertz CT molecular complexity index is 857. The van der Waals surface area contributed by atoms with Gasteiger partial charge in [-0.05, 0) is 50.2 Å². The molecule has 3 rings (SSSR count). The Hall–Kier alpha value is -2.75. The van der Waals surface area contributed by atoms with Gasteiger partial charge in [-0.3, -0.25) is 9.78 Å². The zero-order valence-corrected chi connectivity index (χ0v) is 12.4. The van der Waals surface area contributed by atoms with Gasteiger partial charge in [0.2, 0.25) is 0 Å². The van der Waals surface area contributed by atoms with Crippen molar-refractivity contribution in [2.24, 2.45) is 0 Å². The van der Waals surface area contributed by atoms with Crippen LogP contribution in [-0.4, -0.2) is 10.9 Å². The molecule has 0 saturated carbocycles. The summed E-state index contributed by atoms with van der Waals surface area (Å²) < 4.78 is 13.5. The van der Waals surface area contributed by atoms with E-state index in [1.807, 2.05) is 26.0 Å². The average Bonchev–Trinajstić information content (AvgIpc) is 2.48. The Kier molecular flexibility index (Phi) is 3.59. The summed E-state index contributed by atoms with van der Waals surface area (Å²) in [7, 11) is 0. The van der Waals surface area contributed by atoms with Gasteiger partial charge in [-0.2, -0.15) is 0 Å². The van der Waals surface area contributed by atoms with Crippen molar-refractivity contribution in [3.63, 3.8) is 0 Å². The maximum Gasteiger partial charge on any atom is 0.255 e. The van der Waals surface area contributed by atoms with E-state index in [1.54, 1.807) is 24.3 Å². The maximum absolute atomic E-state index is 13.5. The lowest BCUT2D eigenvalue weighted by molar-refractivity contribution is 0.102. The highest BCUT2D eigenvalue weighted by atomic mass is 19.1. The van der Waals surface area contributed by atoms with Gasteiger partial charge in [-0.15, -0.1) is 0 Å². The molecule has 0 atom stereocenters. The first-order valence-electron chi connectivity index (χ1n) is 6.98. The van der Waals surface area contributed by atoms with Gasteiger partial charge >= 0.3 is 0 Å². The highest BCUT2D eigenvalue weighted by Crippen LogP contribution is 2.24. The molecule has 1 aromatic heterocycles. The van der Waals surface area contributed by atoms with Gasteiger partial charge in [0.15, 0.2) is 0 Å². The van der Waals surface area contributed by atoms with E-state index in [0.717, 1.165) is 11.3 Å². The van der Waals surface area contributed by atoms with Crippen LogP contribution in [0.2, 0.25) is 0 Å². The van der Waals surface area contributed by atoms with Gasteiger partial charge in [0.05, 0.1) is 11.2 Å². The molecule has 3 nitrogen and oxygen atoms in total. The first-order chi connectivity index (χ1) is 10.5. The summed E-state index contributed by atoms with van der Waals surface area (Å²) in [4.78, 5) is 16.7. The van der Waals surface area contributed by atoms with Crippen LogP contribution in [0.1, 0.15) is 21.6 Å². The summed E-state index contributed by atoms with van der Waals surface area (Å²) in [6, 6.07) is 13.4. The van der Waals surface area contributed by atoms with Gasteiger partial charge in [0, 0.05) is 16.6 Å². The van der Waals surface area contributed by atoms with Gasteiger partial charge in [-0.25, -0.2) is 4.39 Å². The molecule has 0 unspecified atom stereocenters. The minimum Gasteiger partial charge on any atom is -0.321 e. The third kappa shape index (κ3) is 2.81. The van der Waals surface area contributed by atoms with Crippen LogP contribution in [-0.2, 0) is 0 Å². The van der Waals surface area contributed by atoms with E-state index < -0.39 is 0 Å². The van der Waals surface area contributed by atoms with E-state index in [0.29, 0.717) is 22.2 Å². The van der Waals surface area contributed by atoms with Crippen molar-refractivity contribution in [3.05, 3.63) is 71.2 Å². The number of nitrogens with one attached hydrogen (secondary N) is 1. The second kappa shape index (κ2) is 5.56. The Labute approximate surface area is 127 Å². The molecule has 0 saturated heterocycles. The molecule has 0 bridgehead atoms. The molecule has 22 heavy (non-hydrogen) atoms. The molecule has 110 valence electrons. The van der Waals surface area contributed by atoms with Crippen LogP contribution in [0, 0.1) is 19.7 Å². The number of benzene rings is 2. The number of hydrogen-bond acceptors (Lipinski definition) is 2. The van der Waals surface area contributed by atoms with E-state index in [2.05, 4.69) is 10.3 Å². The SMILES string of the molecule is Cc1ccc(C(=O)Nc2cc(C)nc3ccc(F)cc23)cc1. The summed E-state index contributed by atoms with van der Waals surface area (Å²) in [5.74, 6) is -0.583. The van der Waals surface area contributed by atoms with Crippen molar-refractivity contribution in [3.8, 4) is 0 Å². The van der Waals surface area contributed by atoms with Crippen molar-refractivity contribution in [1.82, 2.24) is 4.98 Å². The Morgan fingerprint density at radius 1 is 1.05 bits per heavy atom. The molecule has 0 fully saturated rings. The number of pyridine rings is 1. The van der Waals surface area contributed by atoms with Gasteiger partial charge in [-0.1, -0.05) is 17.7 Å². The molecular formula is C18H15FN2O. The number of carbonyl (C=O) groups is 1. The standard InChI is InChI=1S/C18H15FN2O/c1-11-3-5-13(6-4-11)18(22)21-17-9-12(2)20-16-8-7-14(19)10-15(16)17/h3-10H,1-2H3,(H,20,21,22). The molecule has 0 aliphatic heterocycles. The first-order valence-corrected chi connectivity index (χ1v) is 6.98. The lowest BCUT2D eigenvalue weighted by Crippen LogP contribution is -2.12. The molecule has 0 aliphatic rings. The second-order valence-corrected chi connectivity index (χ2v) is 5.29. The van der Waals surface area contributed by atoms with Crippen LogP contribution in [0.25, 0.3) is 10.9 Å². The number of hydrogen-bond donors (Lipinski definition) is 1. The molecule has 1 amide bonds. The zero-order valence-electron chi connectivity index (χ0n) is 12.4. The molecule has 1 N–H and O–H groups in total. The molecule has 1 heterocycles. The van der Waals surface area contributed by atoms with Crippen LogP contribution < -0.4 is 5.32 Å². The number of anilines is 1. The van der Waals surface area contributed by atoms with Crippen molar-refractivity contribution in [2.45, 2.75) is 13.8 Å². The minimum atomic E-state index is -0.357. The lowest BCUT2D eigenvalue weighted by atomic mass is 10.1. The molecule has 3 aromatic rings. The van der Waals surface area contributed by atoms with E-state index in [9.17, 15) is 9.18 Å². The molecule has 0 aliphatic carbocycles. The van der Waals surface area contributed by atoms with E-state index >= 15 is 0 Å². The number of aryl methyl sites for hydroxylation is 2. The Balaban J connectivity index is 2.01. The van der Waals surface area contributed by atoms with E-state index in [-0.39, 0.29) is 11.7 Å². The maximum atomic E-state index is 13.5. The number of aromatic nitrogens is 1. The van der Waals surface area contributed by atoms with Crippen LogP contribution in [0.4, 0.5) is 10.1 Å². The second-order valence-electron chi connectivity index (χ2n) is 5.29. The highest BCUT2D eigenvalue weighted by Gasteiger charge is 2.10. The van der Waals surface area contributed by atoms with Crippen molar-refractivity contribution in [1.29, 1.82) is 0 Å². The summed E-state index contributed by atoms with van der Waals surface area (Å²) in [6.07, 6.45) is 0.